The van der Waals surface area contributed by atoms with Crippen molar-refractivity contribution in [3.05, 3.63) is 89.0 Å². The number of methoxy groups -OCH3 is 1. The molecule has 0 aliphatic carbocycles. The molecule has 1 atom stereocenters. The van der Waals surface area contributed by atoms with Gasteiger partial charge in [-0.15, -0.1) is 0 Å². The van der Waals surface area contributed by atoms with E-state index in [0.29, 0.717) is 22.0 Å². The van der Waals surface area contributed by atoms with Crippen molar-refractivity contribution in [2.75, 3.05) is 31.0 Å². The SMILES string of the molecule is COc1cccc(/C(O)=C2\C(=O)C(=O)N(c3nc4ccc(C)cc4s3)C2c2ccc(N(C)C)cc2)c1. The maximum atomic E-state index is 13.4. The number of ether oxygens (including phenoxy) is 1. The van der Waals surface area contributed by atoms with E-state index >= 15 is 0 Å². The lowest BCUT2D eigenvalue weighted by atomic mass is 9.95. The maximum Gasteiger partial charge on any atom is 0.301 e. The number of hydrogen-bond acceptors (Lipinski definition) is 7. The third kappa shape index (κ3) is 3.99. The molecule has 5 rings (SSSR count). The van der Waals surface area contributed by atoms with Gasteiger partial charge in [0.05, 0.1) is 28.9 Å². The molecule has 1 aliphatic rings. The topological polar surface area (TPSA) is 83.0 Å². The van der Waals surface area contributed by atoms with Gasteiger partial charge in [-0.3, -0.25) is 14.5 Å². The zero-order valence-corrected chi connectivity index (χ0v) is 21.2. The highest BCUT2D eigenvalue weighted by molar-refractivity contribution is 7.22. The molecular formula is C28H25N3O4S. The summed E-state index contributed by atoms with van der Waals surface area (Å²) in [4.78, 5) is 34.9. The largest absolute Gasteiger partial charge is 0.507 e. The van der Waals surface area contributed by atoms with Crippen molar-refractivity contribution in [3.8, 4) is 5.75 Å². The molecule has 1 unspecified atom stereocenters. The number of aromatic nitrogens is 1. The molecule has 3 aromatic carbocycles. The lowest BCUT2D eigenvalue weighted by Gasteiger charge is -2.23. The number of aryl methyl sites for hydroxylation is 1. The Labute approximate surface area is 212 Å². The Morgan fingerprint density at radius 1 is 1.06 bits per heavy atom. The lowest BCUT2D eigenvalue weighted by Crippen LogP contribution is -2.29. The number of benzene rings is 3. The van der Waals surface area contributed by atoms with Crippen LogP contribution in [0.2, 0.25) is 0 Å². The molecule has 1 aromatic heterocycles. The molecule has 1 aliphatic heterocycles. The third-order valence-electron chi connectivity index (χ3n) is 6.25. The number of carbonyl (C=O) groups is 2. The average Bonchev–Trinajstić information content (AvgIpc) is 3.41. The van der Waals surface area contributed by atoms with Crippen molar-refractivity contribution in [1.29, 1.82) is 0 Å². The van der Waals surface area contributed by atoms with E-state index < -0.39 is 17.7 Å². The van der Waals surface area contributed by atoms with Crippen LogP contribution in [0.5, 0.6) is 5.75 Å². The molecule has 36 heavy (non-hydrogen) atoms. The molecule has 1 fully saturated rings. The van der Waals surface area contributed by atoms with Crippen LogP contribution in [0.4, 0.5) is 10.8 Å². The summed E-state index contributed by atoms with van der Waals surface area (Å²) in [7, 11) is 5.40. The van der Waals surface area contributed by atoms with Crippen LogP contribution in [0.1, 0.15) is 22.7 Å². The first kappa shape index (κ1) is 23.6. The molecule has 8 heteroatoms. The van der Waals surface area contributed by atoms with Gasteiger partial charge in [0, 0.05) is 25.3 Å². The van der Waals surface area contributed by atoms with E-state index in [0.717, 1.165) is 21.5 Å². The summed E-state index contributed by atoms with van der Waals surface area (Å²) < 4.78 is 6.21. The van der Waals surface area contributed by atoms with Crippen LogP contribution < -0.4 is 14.5 Å². The van der Waals surface area contributed by atoms with Crippen LogP contribution in [0, 0.1) is 6.92 Å². The van der Waals surface area contributed by atoms with Crippen LogP contribution in [-0.4, -0.2) is 43.0 Å². The second kappa shape index (κ2) is 9.13. The number of aliphatic hydroxyl groups excluding tert-OH is 1. The molecule has 0 spiro atoms. The van der Waals surface area contributed by atoms with E-state index in [9.17, 15) is 14.7 Å². The van der Waals surface area contributed by atoms with Crippen molar-refractivity contribution in [3.63, 3.8) is 0 Å². The fourth-order valence-electron chi connectivity index (χ4n) is 4.35. The van der Waals surface area contributed by atoms with Gasteiger partial charge < -0.3 is 14.7 Å². The molecule has 4 aromatic rings. The summed E-state index contributed by atoms with van der Waals surface area (Å²) in [5.41, 5.74) is 3.90. The summed E-state index contributed by atoms with van der Waals surface area (Å²) in [6.07, 6.45) is 0. The lowest BCUT2D eigenvalue weighted by molar-refractivity contribution is -0.132. The summed E-state index contributed by atoms with van der Waals surface area (Å²) in [6, 6.07) is 19.4. The van der Waals surface area contributed by atoms with E-state index in [2.05, 4.69) is 4.98 Å². The van der Waals surface area contributed by atoms with Crippen LogP contribution in [0.25, 0.3) is 16.0 Å². The monoisotopic (exact) mass is 499 g/mol. The van der Waals surface area contributed by atoms with Crippen molar-refractivity contribution < 1.29 is 19.4 Å². The zero-order valence-electron chi connectivity index (χ0n) is 20.4. The molecule has 182 valence electrons. The fraction of sp³-hybridized carbons (Fsp3) is 0.179. The normalized spacial score (nSPS) is 17.1. The first-order valence-electron chi connectivity index (χ1n) is 11.4. The Bertz CT molecular complexity index is 1520. The highest BCUT2D eigenvalue weighted by Crippen LogP contribution is 2.44. The Morgan fingerprint density at radius 3 is 2.50 bits per heavy atom. The van der Waals surface area contributed by atoms with Crippen LogP contribution in [0.15, 0.2) is 72.3 Å². The molecule has 1 amide bonds. The van der Waals surface area contributed by atoms with Crippen molar-refractivity contribution in [2.24, 2.45) is 0 Å². The average molecular weight is 500 g/mol. The third-order valence-corrected chi connectivity index (χ3v) is 7.27. The minimum absolute atomic E-state index is 0.0151. The molecule has 0 radical (unpaired) electrons. The number of amides is 1. The highest BCUT2D eigenvalue weighted by atomic mass is 32.1. The summed E-state index contributed by atoms with van der Waals surface area (Å²) in [6.45, 7) is 1.99. The number of Topliss-reactive ketones (excluding diaryl/α,β-unsaturated/α-hetero) is 1. The highest BCUT2D eigenvalue weighted by Gasteiger charge is 2.48. The standard InChI is InChI=1S/C28H25N3O4S/c1-16-8-13-21-22(14-16)36-28(29-21)31-24(17-9-11-19(12-10-17)30(2)3)23(26(33)27(31)34)25(32)18-6-5-7-20(15-18)35-4/h5-15,24,32H,1-4H3/b25-23+. The number of rotatable bonds is 5. The van der Waals surface area contributed by atoms with E-state index in [1.807, 2.05) is 68.4 Å². The van der Waals surface area contributed by atoms with Crippen molar-refractivity contribution in [1.82, 2.24) is 4.98 Å². The van der Waals surface area contributed by atoms with E-state index in [1.165, 1.54) is 23.3 Å². The van der Waals surface area contributed by atoms with Crippen molar-refractivity contribution >= 4 is 49.8 Å². The van der Waals surface area contributed by atoms with Gasteiger partial charge in [0.2, 0.25) is 0 Å². The van der Waals surface area contributed by atoms with Crippen LogP contribution in [0.3, 0.4) is 0 Å². The second-order valence-electron chi connectivity index (χ2n) is 8.85. The predicted octanol–water partition coefficient (Wildman–Crippen LogP) is 5.31. The Balaban J connectivity index is 1.72. The maximum absolute atomic E-state index is 13.4. The Kier molecular flexibility index (Phi) is 5.97. The van der Waals surface area contributed by atoms with Gasteiger partial charge in [-0.1, -0.05) is 41.7 Å². The molecule has 7 nitrogen and oxygen atoms in total. The van der Waals surface area contributed by atoms with Crippen molar-refractivity contribution in [2.45, 2.75) is 13.0 Å². The summed E-state index contributed by atoms with van der Waals surface area (Å²) in [5.74, 6) is -1.21. The second-order valence-corrected chi connectivity index (χ2v) is 9.86. The number of hydrogen-bond donors (Lipinski definition) is 1. The summed E-state index contributed by atoms with van der Waals surface area (Å²) >= 11 is 1.35. The van der Waals surface area contributed by atoms with Gasteiger partial charge >= 0.3 is 5.91 Å². The number of ketones is 1. The smallest absolute Gasteiger partial charge is 0.301 e. The molecule has 0 saturated carbocycles. The van der Waals surface area contributed by atoms with Gasteiger partial charge in [0.1, 0.15) is 11.5 Å². The number of nitrogens with zero attached hydrogens (tertiary/aromatic N) is 3. The Morgan fingerprint density at radius 2 is 1.81 bits per heavy atom. The minimum atomic E-state index is -0.839. The summed E-state index contributed by atoms with van der Waals surface area (Å²) in [5, 5.41) is 11.7. The minimum Gasteiger partial charge on any atom is -0.507 e. The molecule has 2 heterocycles. The van der Waals surface area contributed by atoms with E-state index in [4.69, 9.17) is 4.74 Å². The number of fused-ring (bicyclic) bond motifs is 1. The van der Waals surface area contributed by atoms with Crippen LogP contribution >= 0.6 is 11.3 Å². The van der Waals surface area contributed by atoms with E-state index in [1.54, 1.807) is 24.3 Å². The van der Waals surface area contributed by atoms with Gasteiger partial charge in [-0.2, -0.15) is 0 Å². The molecule has 0 bridgehead atoms. The number of aliphatic hydroxyl groups is 1. The number of anilines is 2. The first-order valence-corrected chi connectivity index (χ1v) is 12.2. The van der Waals surface area contributed by atoms with Crippen LogP contribution in [-0.2, 0) is 9.59 Å². The van der Waals surface area contributed by atoms with E-state index in [-0.39, 0.29) is 11.3 Å². The zero-order chi connectivity index (χ0) is 25.6. The van der Waals surface area contributed by atoms with Gasteiger partial charge in [0.15, 0.2) is 5.13 Å². The molecule has 1 N–H and O–H groups in total. The number of carbonyl (C=O) groups excluding carboxylic acids is 2. The first-order chi connectivity index (χ1) is 17.3. The molecule has 1 saturated heterocycles. The number of thiazole rings is 1. The predicted molar refractivity (Wildman–Crippen MR) is 143 cm³/mol. The quantitative estimate of drug-likeness (QED) is 0.228. The van der Waals surface area contributed by atoms with Gasteiger partial charge in [-0.05, 0) is 54.4 Å². The molecular weight excluding hydrogens is 474 g/mol. The van der Waals surface area contributed by atoms with Gasteiger partial charge in [0.25, 0.3) is 5.78 Å². The fourth-order valence-corrected chi connectivity index (χ4v) is 5.44. The van der Waals surface area contributed by atoms with Gasteiger partial charge in [-0.25, -0.2) is 4.98 Å². The Hall–Kier alpha value is -4.17.